The van der Waals surface area contributed by atoms with Gasteiger partial charge in [0.05, 0.1) is 25.5 Å². The Hall–Kier alpha value is -4.45. The zero-order valence-electron chi connectivity index (χ0n) is 18.3. The second-order valence-electron chi connectivity index (χ2n) is 7.11. The Morgan fingerprint density at radius 3 is 1.85 bits per heavy atom. The number of aromatic nitrogens is 1. The fraction of sp³-hybridized carbons (Fsp3) is 0.0741. The van der Waals surface area contributed by atoms with Crippen LogP contribution < -0.4 is 5.49 Å². The van der Waals surface area contributed by atoms with Gasteiger partial charge in [0.25, 0.3) is 0 Å². The summed E-state index contributed by atoms with van der Waals surface area (Å²) in [6.45, 7) is 0. The number of methoxy groups -OCH3 is 2. The van der Waals surface area contributed by atoms with E-state index in [1.807, 2.05) is 91.0 Å². The Bertz CT molecular complexity index is 1350. The lowest BCUT2D eigenvalue weighted by molar-refractivity contribution is 0.0547. The minimum atomic E-state index is -0.679. The van der Waals surface area contributed by atoms with Crippen molar-refractivity contribution in [1.82, 2.24) is 4.57 Å². The zero-order chi connectivity index (χ0) is 23.2. The number of carbonyl (C=O) groups is 2. The number of esters is 2. The van der Waals surface area contributed by atoms with E-state index in [0.717, 1.165) is 5.56 Å². The molecule has 3 aromatic carbocycles. The van der Waals surface area contributed by atoms with Crippen LogP contribution in [0, 0.1) is 0 Å². The first-order valence-electron chi connectivity index (χ1n) is 10.3. The summed E-state index contributed by atoms with van der Waals surface area (Å²) in [7, 11) is 2.56. The molecular formula is C27H22N2O4. The first-order chi connectivity index (χ1) is 16.1. The topological polar surface area (TPSA) is 69.9 Å². The minimum absolute atomic E-state index is 0.0339. The second-order valence-corrected chi connectivity index (χ2v) is 7.11. The number of para-hydroxylation sites is 2. The predicted octanol–water partition coefficient (Wildman–Crippen LogP) is 4.95. The van der Waals surface area contributed by atoms with Crippen molar-refractivity contribution in [3.63, 3.8) is 0 Å². The van der Waals surface area contributed by atoms with Gasteiger partial charge in [-0.2, -0.15) is 0 Å². The van der Waals surface area contributed by atoms with Crippen molar-refractivity contribution in [2.75, 3.05) is 14.2 Å². The molecule has 0 unspecified atom stereocenters. The van der Waals surface area contributed by atoms with Crippen molar-refractivity contribution in [2.24, 2.45) is 4.99 Å². The van der Waals surface area contributed by atoms with E-state index in [1.54, 1.807) is 10.6 Å². The van der Waals surface area contributed by atoms with Gasteiger partial charge in [0.15, 0.2) is 0 Å². The molecule has 0 aliphatic heterocycles. The van der Waals surface area contributed by atoms with E-state index >= 15 is 0 Å². The summed E-state index contributed by atoms with van der Waals surface area (Å²) in [5.41, 5.74) is 3.20. The molecule has 164 valence electrons. The van der Waals surface area contributed by atoms with E-state index in [9.17, 15) is 9.59 Å². The third-order valence-electron chi connectivity index (χ3n) is 5.10. The minimum Gasteiger partial charge on any atom is -0.465 e. The fourth-order valence-corrected chi connectivity index (χ4v) is 3.62. The lowest BCUT2D eigenvalue weighted by Gasteiger charge is -2.19. The highest BCUT2D eigenvalue weighted by atomic mass is 16.5. The monoisotopic (exact) mass is 438 g/mol. The average molecular weight is 438 g/mol. The molecule has 0 bridgehead atoms. The summed E-state index contributed by atoms with van der Waals surface area (Å²) >= 11 is 0. The molecule has 4 aromatic rings. The van der Waals surface area contributed by atoms with Crippen LogP contribution in [-0.4, -0.2) is 30.7 Å². The van der Waals surface area contributed by atoms with E-state index in [-0.39, 0.29) is 11.3 Å². The van der Waals surface area contributed by atoms with E-state index in [2.05, 4.69) is 0 Å². The number of hydrogen-bond acceptors (Lipinski definition) is 5. The van der Waals surface area contributed by atoms with Crippen LogP contribution in [0.1, 0.15) is 20.8 Å². The molecule has 0 fully saturated rings. The predicted molar refractivity (Wildman–Crippen MR) is 126 cm³/mol. The van der Waals surface area contributed by atoms with Gasteiger partial charge in [-0.05, 0) is 35.9 Å². The molecule has 0 aliphatic rings. The molecule has 6 heteroatoms. The highest BCUT2D eigenvalue weighted by molar-refractivity contribution is 6.07. The van der Waals surface area contributed by atoms with Gasteiger partial charge in [-0.3, -0.25) is 4.57 Å². The molecule has 0 amide bonds. The van der Waals surface area contributed by atoms with Crippen LogP contribution in [0.2, 0.25) is 0 Å². The first-order valence-corrected chi connectivity index (χ1v) is 10.3. The number of carbonyl (C=O) groups excluding carboxylic acids is 2. The largest absolute Gasteiger partial charge is 0.465 e. The third-order valence-corrected chi connectivity index (χ3v) is 5.10. The summed E-state index contributed by atoms with van der Waals surface area (Å²) < 4.78 is 11.8. The maximum atomic E-state index is 13.1. The van der Waals surface area contributed by atoms with Crippen molar-refractivity contribution in [2.45, 2.75) is 0 Å². The Morgan fingerprint density at radius 2 is 1.27 bits per heavy atom. The molecule has 0 aliphatic carbocycles. The summed E-state index contributed by atoms with van der Waals surface area (Å²) in [6, 6.07) is 29.7. The number of nitrogens with zero attached hydrogens (tertiary/aromatic N) is 2. The van der Waals surface area contributed by atoms with Crippen LogP contribution in [0.5, 0.6) is 0 Å². The van der Waals surface area contributed by atoms with Crippen molar-refractivity contribution in [1.29, 1.82) is 0 Å². The Balaban J connectivity index is 2.22. The molecular weight excluding hydrogens is 416 g/mol. The van der Waals surface area contributed by atoms with Crippen molar-refractivity contribution in [3.05, 3.63) is 114 Å². The third kappa shape index (κ3) is 4.45. The molecule has 0 saturated heterocycles. The molecule has 6 nitrogen and oxygen atoms in total. The Morgan fingerprint density at radius 1 is 0.727 bits per heavy atom. The molecule has 33 heavy (non-hydrogen) atoms. The molecule has 0 N–H and O–H groups in total. The maximum Gasteiger partial charge on any atom is 0.356 e. The normalized spacial score (nSPS) is 11.2. The first kappa shape index (κ1) is 21.8. The van der Waals surface area contributed by atoms with Gasteiger partial charge in [-0.1, -0.05) is 66.7 Å². The van der Waals surface area contributed by atoms with Gasteiger partial charge in [0, 0.05) is 11.3 Å². The number of ether oxygens (including phenoxy) is 2. The van der Waals surface area contributed by atoms with Gasteiger partial charge < -0.3 is 9.47 Å². The molecule has 4 rings (SSSR count). The summed E-state index contributed by atoms with van der Waals surface area (Å²) in [5, 5.41) is 0. The zero-order valence-corrected chi connectivity index (χ0v) is 18.3. The highest BCUT2D eigenvalue weighted by Crippen LogP contribution is 2.28. The van der Waals surface area contributed by atoms with Crippen LogP contribution >= 0.6 is 0 Å². The van der Waals surface area contributed by atoms with Crippen LogP contribution in [-0.2, 0) is 9.47 Å². The molecule has 0 saturated carbocycles. The summed E-state index contributed by atoms with van der Waals surface area (Å²) in [4.78, 5) is 31.0. The highest BCUT2D eigenvalue weighted by Gasteiger charge is 2.28. The van der Waals surface area contributed by atoms with Gasteiger partial charge in [-0.15, -0.1) is 0 Å². The van der Waals surface area contributed by atoms with Crippen molar-refractivity contribution in [3.8, 4) is 16.8 Å². The van der Waals surface area contributed by atoms with E-state index in [4.69, 9.17) is 14.5 Å². The quantitative estimate of drug-likeness (QED) is 0.414. The van der Waals surface area contributed by atoms with E-state index < -0.39 is 11.9 Å². The van der Waals surface area contributed by atoms with Crippen molar-refractivity contribution < 1.29 is 19.1 Å². The molecule has 0 atom stereocenters. The van der Waals surface area contributed by atoms with Crippen molar-refractivity contribution >= 4 is 17.6 Å². The average Bonchev–Trinajstić information content (AvgIpc) is 2.88. The van der Waals surface area contributed by atoms with Crippen LogP contribution in [0.15, 0.2) is 102 Å². The van der Waals surface area contributed by atoms with E-state index in [1.165, 1.54) is 14.2 Å². The second kappa shape index (κ2) is 9.78. The van der Waals surface area contributed by atoms with E-state index in [0.29, 0.717) is 22.4 Å². The van der Waals surface area contributed by atoms with Gasteiger partial charge >= 0.3 is 11.9 Å². The lowest BCUT2D eigenvalue weighted by atomic mass is 9.98. The van der Waals surface area contributed by atoms with Gasteiger partial charge in [-0.25, -0.2) is 14.6 Å². The molecule has 1 heterocycles. The smallest absolute Gasteiger partial charge is 0.356 e. The molecule has 0 spiro atoms. The van der Waals surface area contributed by atoms with Crippen LogP contribution in [0.4, 0.5) is 5.69 Å². The SMILES string of the molecule is COC(=O)c1c(-c2ccccc2)cc(=Nc2ccccc2)n(-c2ccccc2)c1C(=O)OC. The van der Waals surface area contributed by atoms with Crippen LogP contribution in [0.3, 0.4) is 0 Å². The lowest BCUT2D eigenvalue weighted by Crippen LogP contribution is -2.30. The Kier molecular flexibility index (Phi) is 6.45. The fourth-order valence-electron chi connectivity index (χ4n) is 3.62. The van der Waals surface area contributed by atoms with Crippen LogP contribution in [0.25, 0.3) is 16.8 Å². The Labute approximate surface area is 191 Å². The van der Waals surface area contributed by atoms with Gasteiger partial charge in [0.2, 0.25) is 0 Å². The number of benzene rings is 3. The summed E-state index contributed by atoms with van der Waals surface area (Å²) in [6.07, 6.45) is 0. The number of rotatable bonds is 5. The number of hydrogen-bond donors (Lipinski definition) is 0. The molecule has 1 aromatic heterocycles. The number of pyridine rings is 1. The standard InChI is InChI=1S/C27H22N2O4/c1-32-26(30)24-22(19-12-6-3-7-13-19)18-23(28-20-14-8-4-9-15-20)29(25(24)27(31)33-2)21-16-10-5-11-17-21/h3-18H,1-2H3. The maximum absolute atomic E-state index is 13.1. The van der Waals surface area contributed by atoms with Gasteiger partial charge in [0.1, 0.15) is 11.2 Å². The molecule has 0 radical (unpaired) electrons. The summed E-state index contributed by atoms with van der Waals surface area (Å²) in [5.74, 6) is -1.33.